The summed E-state index contributed by atoms with van der Waals surface area (Å²) in [5, 5.41) is 3.70. The molecule has 2 amide bonds. The van der Waals surface area contributed by atoms with Crippen LogP contribution in [-0.4, -0.2) is 57.5 Å². The van der Waals surface area contributed by atoms with Gasteiger partial charge in [-0.15, -0.1) is 0 Å². The standard InChI is InChI=1S/C22H24BrN7O2/c1-25-22(31)29-8-5-12(6-9-29)21-28-18(19-20(24)26-7-10-30(19)21)15-11-13-14(23)3-4-16(32-2)17(13)27-15/h3-4,7,10-12,27H,5-6,8-9H2,1-2H3,(H2,24,26)(H,25,31). The van der Waals surface area contributed by atoms with Crippen molar-refractivity contribution < 1.29 is 9.53 Å². The lowest BCUT2D eigenvalue weighted by molar-refractivity contribution is 0.182. The molecule has 0 saturated carbocycles. The zero-order valence-electron chi connectivity index (χ0n) is 17.9. The van der Waals surface area contributed by atoms with Crippen LogP contribution in [0.3, 0.4) is 0 Å². The van der Waals surface area contributed by atoms with Gasteiger partial charge in [0.05, 0.1) is 18.3 Å². The number of amides is 2. The quantitative estimate of drug-likeness (QED) is 0.398. The Hall–Kier alpha value is -3.27. The SMILES string of the molecule is CNC(=O)N1CCC(c2nc(-c3cc4c(Br)ccc(OC)c4[nH]3)c3c(N)nccn23)CC1. The summed E-state index contributed by atoms with van der Waals surface area (Å²) in [5.41, 5.74) is 9.58. The fourth-order valence-corrected chi connectivity index (χ4v) is 4.96. The summed E-state index contributed by atoms with van der Waals surface area (Å²) < 4.78 is 8.53. The van der Waals surface area contributed by atoms with Crippen LogP contribution in [0.5, 0.6) is 5.75 Å². The number of hydrogen-bond acceptors (Lipinski definition) is 5. The molecular formula is C22H24BrN7O2. The Morgan fingerprint density at radius 2 is 2.12 bits per heavy atom. The second-order valence-electron chi connectivity index (χ2n) is 7.89. The Balaban J connectivity index is 1.61. The molecule has 1 aliphatic heterocycles. The lowest BCUT2D eigenvalue weighted by atomic mass is 9.96. The van der Waals surface area contributed by atoms with Crippen molar-refractivity contribution in [3.05, 3.63) is 40.9 Å². The van der Waals surface area contributed by atoms with E-state index >= 15 is 0 Å². The van der Waals surface area contributed by atoms with Crippen molar-refractivity contribution in [2.45, 2.75) is 18.8 Å². The number of aromatic nitrogens is 4. The van der Waals surface area contributed by atoms with E-state index in [0.717, 1.165) is 56.7 Å². The molecule has 4 N–H and O–H groups in total. The highest BCUT2D eigenvalue weighted by molar-refractivity contribution is 9.10. The van der Waals surface area contributed by atoms with Gasteiger partial charge in [-0.25, -0.2) is 14.8 Å². The number of fused-ring (bicyclic) bond motifs is 2. The normalized spacial score (nSPS) is 14.9. The van der Waals surface area contributed by atoms with Gasteiger partial charge in [0.1, 0.15) is 28.6 Å². The molecule has 4 heterocycles. The van der Waals surface area contributed by atoms with Gasteiger partial charge >= 0.3 is 6.03 Å². The zero-order chi connectivity index (χ0) is 22.4. The van der Waals surface area contributed by atoms with Crippen LogP contribution in [-0.2, 0) is 0 Å². The van der Waals surface area contributed by atoms with Crippen LogP contribution in [0.25, 0.3) is 27.8 Å². The van der Waals surface area contributed by atoms with Gasteiger partial charge < -0.3 is 25.7 Å². The molecule has 1 aliphatic rings. The number of likely N-dealkylation sites (tertiary alicyclic amines) is 1. The molecule has 5 rings (SSSR count). The summed E-state index contributed by atoms with van der Waals surface area (Å²) in [6.45, 7) is 1.37. The van der Waals surface area contributed by atoms with Crippen LogP contribution < -0.4 is 15.8 Å². The third-order valence-corrected chi connectivity index (χ3v) is 6.84. The van der Waals surface area contributed by atoms with Crippen LogP contribution in [0, 0.1) is 0 Å². The molecule has 10 heteroatoms. The van der Waals surface area contributed by atoms with Gasteiger partial charge in [-0.2, -0.15) is 0 Å². The van der Waals surface area contributed by atoms with Gasteiger partial charge in [0, 0.05) is 48.3 Å². The maximum absolute atomic E-state index is 12.0. The van der Waals surface area contributed by atoms with Crippen LogP contribution in [0.15, 0.2) is 35.1 Å². The molecule has 1 saturated heterocycles. The summed E-state index contributed by atoms with van der Waals surface area (Å²) in [7, 11) is 3.31. The Kier molecular flexibility index (Phi) is 5.16. The number of anilines is 1. The number of benzene rings is 1. The molecule has 1 fully saturated rings. The number of carbonyl (C=O) groups is 1. The van der Waals surface area contributed by atoms with Gasteiger partial charge in [0.25, 0.3) is 0 Å². The number of halogens is 1. The fourth-order valence-electron chi connectivity index (χ4n) is 4.52. The van der Waals surface area contributed by atoms with Crippen molar-refractivity contribution in [1.82, 2.24) is 29.6 Å². The minimum absolute atomic E-state index is 0.0387. The molecule has 3 aromatic heterocycles. The van der Waals surface area contributed by atoms with Crippen molar-refractivity contribution in [1.29, 1.82) is 0 Å². The second-order valence-corrected chi connectivity index (χ2v) is 8.74. The predicted octanol–water partition coefficient (Wildman–Crippen LogP) is 3.75. The second kappa shape index (κ2) is 8.01. The van der Waals surface area contributed by atoms with Gasteiger partial charge in [0.15, 0.2) is 0 Å². The topological polar surface area (TPSA) is 114 Å². The van der Waals surface area contributed by atoms with Gasteiger partial charge in [-0.1, -0.05) is 15.9 Å². The number of nitrogens with zero attached hydrogens (tertiary/aromatic N) is 4. The highest BCUT2D eigenvalue weighted by atomic mass is 79.9. The van der Waals surface area contributed by atoms with Crippen molar-refractivity contribution in [2.24, 2.45) is 0 Å². The first-order chi connectivity index (χ1) is 15.5. The number of ether oxygens (including phenoxy) is 1. The molecule has 9 nitrogen and oxygen atoms in total. The maximum atomic E-state index is 12.0. The van der Waals surface area contributed by atoms with E-state index in [0.29, 0.717) is 18.9 Å². The molecule has 0 radical (unpaired) electrons. The molecule has 0 bridgehead atoms. The number of carbonyl (C=O) groups excluding carboxylic acids is 1. The van der Waals surface area contributed by atoms with Crippen LogP contribution in [0.2, 0.25) is 0 Å². The first kappa shape index (κ1) is 20.6. The number of methoxy groups -OCH3 is 1. The van der Waals surface area contributed by atoms with Crippen molar-refractivity contribution in [2.75, 3.05) is 33.0 Å². The average molecular weight is 498 g/mol. The van der Waals surface area contributed by atoms with E-state index in [4.69, 9.17) is 15.5 Å². The monoisotopic (exact) mass is 497 g/mol. The number of rotatable bonds is 3. The number of hydrogen-bond donors (Lipinski definition) is 3. The smallest absolute Gasteiger partial charge is 0.317 e. The van der Waals surface area contributed by atoms with E-state index in [2.05, 4.69) is 37.3 Å². The van der Waals surface area contributed by atoms with E-state index < -0.39 is 0 Å². The third kappa shape index (κ3) is 3.26. The van der Waals surface area contributed by atoms with Gasteiger partial charge in [-0.3, -0.25) is 4.40 Å². The Morgan fingerprint density at radius 3 is 2.84 bits per heavy atom. The van der Waals surface area contributed by atoms with Crippen molar-refractivity contribution >= 4 is 44.2 Å². The number of nitrogen functional groups attached to an aromatic ring is 1. The third-order valence-electron chi connectivity index (χ3n) is 6.15. The summed E-state index contributed by atoms with van der Waals surface area (Å²) in [5.74, 6) is 2.33. The first-order valence-corrected chi connectivity index (χ1v) is 11.3. The lowest BCUT2D eigenvalue weighted by Gasteiger charge is -2.31. The number of aromatic amines is 1. The van der Waals surface area contributed by atoms with Crippen molar-refractivity contribution in [3.63, 3.8) is 0 Å². The highest BCUT2D eigenvalue weighted by Gasteiger charge is 2.28. The predicted molar refractivity (Wildman–Crippen MR) is 127 cm³/mol. The molecular weight excluding hydrogens is 474 g/mol. The summed E-state index contributed by atoms with van der Waals surface area (Å²) in [6, 6.07) is 5.89. The summed E-state index contributed by atoms with van der Waals surface area (Å²) in [4.78, 5) is 26.6. The van der Waals surface area contributed by atoms with E-state index in [1.807, 2.05) is 27.6 Å². The molecule has 0 unspecified atom stereocenters. The molecule has 166 valence electrons. The zero-order valence-corrected chi connectivity index (χ0v) is 19.4. The van der Waals surface area contributed by atoms with Crippen LogP contribution >= 0.6 is 15.9 Å². The minimum Gasteiger partial charge on any atom is -0.495 e. The minimum atomic E-state index is -0.0387. The molecule has 0 aliphatic carbocycles. The number of imidazole rings is 1. The van der Waals surface area contributed by atoms with E-state index in [9.17, 15) is 4.79 Å². The largest absolute Gasteiger partial charge is 0.495 e. The fraction of sp³-hybridized carbons (Fsp3) is 0.318. The van der Waals surface area contributed by atoms with Crippen LogP contribution in [0.1, 0.15) is 24.6 Å². The van der Waals surface area contributed by atoms with E-state index in [1.165, 1.54) is 0 Å². The average Bonchev–Trinajstić information content (AvgIpc) is 3.43. The van der Waals surface area contributed by atoms with Crippen molar-refractivity contribution in [3.8, 4) is 17.1 Å². The van der Waals surface area contributed by atoms with E-state index in [1.54, 1.807) is 20.4 Å². The molecule has 1 aromatic carbocycles. The lowest BCUT2D eigenvalue weighted by Crippen LogP contribution is -2.42. The highest BCUT2D eigenvalue weighted by Crippen LogP contribution is 2.38. The maximum Gasteiger partial charge on any atom is 0.317 e. The Morgan fingerprint density at radius 1 is 1.34 bits per heavy atom. The molecule has 4 aromatic rings. The summed E-state index contributed by atoms with van der Waals surface area (Å²) >= 11 is 3.63. The number of urea groups is 1. The molecule has 0 atom stereocenters. The Labute approximate surface area is 193 Å². The number of nitrogens with two attached hydrogens (primary N) is 1. The van der Waals surface area contributed by atoms with Gasteiger partial charge in [-0.05, 0) is 31.0 Å². The van der Waals surface area contributed by atoms with Gasteiger partial charge in [0.2, 0.25) is 0 Å². The van der Waals surface area contributed by atoms with E-state index in [-0.39, 0.29) is 11.9 Å². The molecule has 32 heavy (non-hydrogen) atoms. The Bertz CT molecular complexity index is 1320. The number of H-pyrrole nitrogens is 1. The number of nitrogens with one attached hydrogen (secondary N) is 2. The molecule has 0 spiro atoms. The summed E-state index contributed by atoms with van der Waals surface area (Å²) in [6.07, 6.45) is 5.27. The van der Waals surface area contributed by atoms with Crippen LogP contribution in [0.4, 0.5) is 10.6 Å². The number of piperidine rings is 1. The first-order valence-electron chi connectivity index (χ1n) is 10.5.